The van der Waals surface area contributed by atoms with Crippen molar-refractivity contribution in [3.8, 4) is 0 Å². The molecule has 0 aliphatic carbocycles. The largest absolute Gasteiger partial charge is 0.461 e. The van der Waals surface area contributed by atoms with Crippen molar-refractivity contribution in [1.29, 1.82) is 0 Å². The maximum Gasteiger partial charge on any atom is 0.416 e. The van der Waals surface area contributed by atoms with Crippen LogP contribution >= 0.6 is 0 Å². The lowest BCUT2D eigenvalue weighted by Gasteiger charge is -2.32. The summed E-state index contributed by atoms with van der Waals surface area (Å²) in [6, 6.07) is 11.5. The van der Waals surface area contributed by atoms with Crippen molar-refractivity contribution < 1.29 is 43.9 Å². The number of ether oxygens (including phenoxy) is 1. The highest BCUT2D eigenvalue weighted by Gasteiger charge is 2.48. The van der Waals surface area contributed by atoms with Crippen LogP contribution in [0.15, 0.2) is 70.4 Å². The number of allylic oxidation sites excluding steroid dienone is 2. The molecular formula is C27H28F4N2O6S2. The highest BCUT2D eigenvalue weighted by molar-refractivity contribution is 7.98. The Morgan fingerprint density at radius 2 is 1.73 bits per heavy atom. The fourth-order valence-electron chi connectivity index (χ4n) is 4.96. The number of carbonyl (C=O) groups excluding carboxylic acids is 1. The zero-order valence-corrected chi connectivity index (χ0v) is 23.8. The predicted octanol–water partition coefficient (Wildman–Crippen LogP) is 3.54. The van der Waals surface area contributed by atoms with Gasteiger partial charge in [0.05, 0.1) is 39.2 Å². The van der Waals surface area contributed by atoms with Gasteiger partial charge >= 0.3 is 12.1 Å². The molecule has 4 rings (SSSR count). The summed E-state index contributed by atoms with van der Waals surface area (Å²) in [5.74, 6) is -7.20. The summed E-state index contributed by atoms with van der Waals surface area (Å²) < 4.78 is 115. The molecule has 2 aromatic carbocycles. The van der Waals surface area contributed by atoms with Crippen LogP contribution in [0.2, 0.25) is 0 Å². The second-order valence-corrected chi connectivity index (χ2v) is 14.2. The Morgan fingerprint density at radius 3 is 2.39 bits per heavy atom. The molecule has 2 heterocycles. The molecule has 222 valence electrons. The summed E-state index contributed by atoms with van der Waals surface area (Å²) in [5.41, 5.74) is -2.69. The molecule has 8 nitrogen and oxygen atoms in total. The molecule has 14 heteroatoms. The van der Waals surface area contributed by atoms with Crippen molar-refractivity contribution in [1.82, 2.24) is 10.2 Å². The van der Waals surface area contributed by atoms with Gasteiger partial charge in [-0.15, -0.1) is 0 Å². The van der Waals surface area contributed by atoms with E-state index >= 15 is 4.39 Å². The number of nitrogens with one attached hydrogen (secondary N) is 1. The Kier molecular flexibility index (Phi) is 8.67. The minimum atomic E-state index is -5.12. The first-order valence-corrected chi connectivity index (χ1v) is 16.0. The van der Waals surface area contributed by atoms with Crippen LogP contribution in [0.5, 0.6) is 0 Å². The molecule has 0 spiro atoms. The van der Waals surface area contributed by atoms with Crippen LogP contribution in [0.25, 0.3) is 0 Å². The summed E-state index contributed by atoms with van der Waals surface area (Å²) >= 11 is 0. The van der Waals surface area contributed by atoms with Crippen LogP contribution in [0.4, 0.5) is 17.6 Å². The molecule has 0 saturated carbocycles. The third-order valence-corrected chi connectivity index (χ3v) is 10.5. The zero-order chi connectivity index (χ0) is 30.2. The van der Waals surface area contributed by atoms with Crippen molar-refractivity contribution in [3.63, 3.8) is 0 Å². The van der Waals surface area contributed by atoms with Gasteiger partial charge in [0.25, 0.3) is 0 Å². The van der Waals surface area contributed by atoms with Gasteiger partial charge in [0.15, 0.2) is 19.7 Å². The van der Waals surface area contributed by atoms with Gasteiger partial charge in [0.1, 0.15) is 12.4 Å². The Hall–Kier alpha value is -3.23. The van der Waals surface area contributed by atoms with Crippen LogP contribution in [0.1, 0.15) is 29.5 Å². The lowest BCUT2D eigenvalue weighted by atomic mass is 9.83. The minimum absolute atomic E-state index is 0.139. The third-order valence-electron chi connectivity index (χ3n) is 6.82. The number of dihydropyridines is 1. The van der Waals surface area contributed by atoms with Crippen molar-refractivity contribution in [2.45, 2.75) is 25.6 Å². The molecule has 0 radical (unpaired) electrons. The number of halogens is 4. The average molecular weight is 617 g/mol. The van der Waals surface area contributed by atoms with E-state index in [1.54, 1.807) is 7.05 Å². The Balaban J connectivity index is 1.76. The van der Waals surface area contributed by atoms with Crippen LogP contribution in [-0.4, -0.2) is 65.2 Å². The maximum absolute atomic E-state index is 15.3. The van der Waals surface area contributed by atoms with Gasteiger partial charge in [-0.25, -0.2) is 26.0 Å². The van der Waals surface area contributed by atoms with E-state index in [2.05, 4.69) is 5.32 Å². The van der Waals surface area contributed by atoms with Gasteiger partial charge in [-0.2, -0.15) is 13.2 Å². The molecule has 2 aromatic rings. The monoisotopic (exact) mass is 616 g/mol. The van der Waals surface area contributed by atoms with E-state index in [0.29, 0.717) is 12.6 Å². The lowest BCUT2D eigenvalue weighted by Crippen LogP contribution is -2.35. The number of hydrogen-bond donors (Lipinski definition) is 1. The third kappa shape index (κ3) is 6.81. The number of nitrogens with zero attached hydrogens (tertiary/aromatic N) is 1. The van der Waals surface area contributed by atoms with Gasteiger partial charge in [0.2, 0.25) is 0 Å². The van der Waals surface area contributed by atoms with Crippen molar-refractivity contribution in [2.24, 2.45) is 0 Å². The molecule has 0 fully saturated rings. The van der Waals surface area contributed by atoms with Crippen molar-refractivity contribution in [3.05, 3.63) is 92.9 Å². The SMILES string of the molecule is CC1=C(C(=O)OCCN(C)Cc2ccccc2)C(c2c(F)cccc2C(F)(F)F)C2=C(CS(=O)(=O)CCS2(=O)=O)N1. The second kappa shape index (κ2) is 11.6. The van der Waals surface area contributed by atoms with E-state index in [0.717, 1.165) is 17.7 Å². The first-order chi connectivity index (χ1) is 19.1. The van der Waals surface area contributed by atoms with E-state index in [9.17, 15) is 34.8 Å². The van der Waals surface area contributed by atoms with Gasteiger partial charge in [0, 0.05) is 30.0 Å². The quantitative estimate of drug-likeness (QED) is 0.372. The van der Waals surface area contributed by atoms with E-state index < -0.39 is 88.1 Å². The topological polar surface area (TPSA) is 110 Å². The van der Waals surface area contributed by atoms with Gasteiger partial charge < -0.3 is 10.1 Å². The smallest absolute Gasteiger partial charge is 0.416 e. The maximum atomic E-state index is 15.3. The van der Waals surface area contributed by atoms with Crippen molar-refractivity contribution in [2.75, 3.05) is 37.5 Å². The van der Waals surface area contributed by atoms with E-state index in [1.807, 2.05) is 35.2 Å². The van der Waals surface area contributed by atoms with E-state index in [4.69, 9.17) is 4.74 Å². The molecule has 1 unspecified atom stereocenters. The van der Waals surface area contributed by atoms with Crippen LogP contribution in [0, 0.1) is 5.82 Å². The molecular weight excluding hydrogens is 588 g/mol. The highest BCUT2D eigenvalue weighted by atomic mass is 32.2. The molecule has 41 heavy (non-hydrogen) atoms. The predicted molar refractivity (Wildman–Crippen MR) is 143 cm³/mol. The zero-order valence-electron chi connectivity index (χ0n) is 22.2. The van der Waals surface area contributed by atoms with Crippen LogP contribution in [0.3, 0.4) is 0 Å². The van der Waals surface area contributed by atoms with Crippen molar-refractivity contribution >= 4 is 25.6 Å². The molecule has 0 saturated heterocycles. The summed E-state index contributed by atoms with van der Waals surface area (Å²) in [6.45, 7) is 1.80. The summed E-state index contributed by atoms with van der Waals surface area (Å²) in [5, 5.41) is 2.60. The number of likely N-dealkylation sites (N-methyl/N-ethyl adjacent to an activating group) is 1. The average Bonchev–Trinajstić information content (AvgIpc) is 2.95. The summed E-state index contributed by atoms with van der Waals surface area (Å²) in [7, 11) is -6.79. The highest BCUT2D eigenvalue weighted by Crippen LogP contribution is 2.47. The number of esters is 1. The summed E-state index contributed by atoms with van der Waals surface area (Å²) in [4.78, 5) is 14.5. The molecule has 1 N–H and O–H groups in total. The molecule has 0 aromatic heterocycles. The van der Waals surface area contributed by atoms with Gasteiger partial charge in [-0.3, -0.25) is 4.90 Å². The van der Waals surface area contributed by atoms with E-state index in [1.165, 1.54) is 6.92 Å². The molecule has 1 atom stereocenters. The fourth-order valence-corrected chi connectivity index (χ4v) is 9.07. The Morgan fingerprint density at radius 1 is 1.05 bits per heavy atom. The normalized spacial score (nSPS) is 20.3. The number of hydrogen-bond acceptors (Lipinski definition) is 8. The minimum Gasteiger partial charge on any atom is -0.461 e. The number of rotatable bonds is 7. The number of carbonyl (C=O) groups is 1. The van der Waals surface area contributed by atoms with Crippen LogP contribution < -0.4 is 5.32 Å². The van der Waals surface area contributed by atoms with Crippen LogP contribution in [-0.2, 0) is 41.9 Å². The molecule has 0 bridgehead atoms. The fraction of sp³-hybridized carbons (Fsp3) is 0.370. The summed E-state index contributed by atoms with van der Waals surface area (Å²) in [6.07, 6.45) is -5.12. The van der Waals surface area contributed by atoms with E-state index in [-0.39, 0.29) is 18.8 Å². The number of sulfone groups is 2. The Labute approximate surface area is 235 Å². The Bertz CT molecular complexity index is 1620. The molecule has 0 amide bonds. The van der Waals surface area contributed by atoms with Gasteiger partial charge in [-0.1, -0.05) is 36.4 Å². The second-order valence-electron chi connectivity index (χ2n) is 9.91. The van der Waals surface area contributed by atoms with Gasteiger partial charge in [-0.05, 0) is 31.7 Å². The number of benzene rings is 2. The first kappa shape index (κ1) is 30.7. The number of alkyl halides is 3. The lowest BCUT2D eigenvalue weighted by molar-refractivity contribution is -0.141. The standard InChI is InChI=1S/C27H28F4N2O6S2/c1-17-22(26(34)39-12-11-33(2)15-18-7-4-3-5-8-18)24(23-19(27(29,30)31)9-6-10-20(23)28)25-21(32-17)16-40(35,36)13-14-41(25,37)38/h3-10,24,32H,11-16H2,1-2H3. The molecule has 2 aliphatic rings. The first-order valence-electron chi connectivity index (χ1n) is 12.5. The molecule has 2 aliphatic heterocycles.